The van der Waals surface area contributed by atoms with Crippen molar-refractivity contribution in [1.82, 2.24) is 4.98 Å². The maximum absolute atomic E-state index is 11.5. The first-order valence-electron chi connectivity index (χ1n) is 7.30. The number of anilines is 1. The summed E-state index contributed by atoms with van der Waals surface area (Å²) < 4.78 is 12.2. The van der Waals surface area contributed by atoms with E-state index in [4.69, 9.17) is 23.8 Å². The highest BCUT2D eigenvalue weighted by atomic mass is 35.5. The zero-order chi connectivity index (χ0) is 17.9. The summed E-state index contributed by atoms with van der Waals surface area (Å²) in [6.07, 6.45) is 4.54. The first-order chi connectivity index (χ1) is 11.3. The molecule has 24 heavy (non-hydrogen) atoms. The lowest BCUT2D eigenvalue weighted by atomic mass is 10.2. The van der Waals surface area contributed by atoms with Crippen molar-refractivity contribution in [2.75, 3.05) is 23.5 Å². The normalized spacial score (nSPS) is 13.5. The van der Waals surface area contributed by atoms with E-state index < -0.39 is 11.2 Å². The molecule has 9 heteroatoms. The van der Waals surface area contributed by atoms with Crippen molar-refractivity contribution in [3.8, 4) is 10.6 Å². The Morgan fingerprint density at radius 3 is 2.88 bits per heavy atom. The molecule has 0 aromatic carbocycles. The Kier molecular flexibility index (Phi) is 6.82. The molecule has 2 rings (SSSR count). The smallest absolute Gasteiger partial charge is 0.190 e. The lowest BCUT2D eigenvalue weighted by Gasteiger charge is -2.26. The van der Waals surface area contributed by atoms with Crippen molar-refractivity contribution in [1.29, 1.82) is 0 Å². The number of thiocarbonyl (C=S) groups is 1. The molecule has 2 atom stereocenters. The van der Waals surface area contributed by atoms with E-state index in [0.717, 1.165) is 9.73 Å². The monoisotopic (exact) mass is 403 g/mol. The summed E-state index contributed by atoms with van der Waals surface area (Å²) in [6.45, 7) is 4.57. The molecule has 2 aromatic heterocycles. The van der Waals surface area contributed by atoms with Crippen LogP contribution < -0.4 is 9.63 Å². The lowest BCUT2D eigenvalue weighted by molar-refractivity contribution is -0.604. The quantitative estimate of drug-likeness (QED) is 0.320. The molecule has 0 aliphatic heterocycles. The average molecular weight is 404 g/mol. The molecule has 0 N–H and O–H groups in total. The number of nitrogens with zero attached hydrogens (tertiary/aromatic N) is 3. The number of thiazole rings is 1. The standard InChI is InChI=1S/C15H18ClN3O2S3/c1-4-19(14(22)10(2)9-24(3)21)15-12(16)17-13(23-15)11-6-5-7-18(20)8-11/h5-8,10H,4,9H2,1-3H3. The first-order valence-corrected chi connectivity index (χ1v) is 10.6. The van der Waals surface area contributed by atoms with Crippen LogP contribution in [0.25, 0.3) is 10.6 Å². The average Bonchev–Trinajstić information content (AvgIpc) is 2.89. The van der Waals surface area contributed by atoms with Gasteiger partial charge in [-0.1, -0.05) is 53.3 Å². The van der Waals surface area contributed by atoms with Gasteiger partial charge in [0.15, 0.2) is 17.5 Å². The van der Waals surface area contributed by atoms with Crippen molar-refractivity contribution in [3.05, 3.63) is 34.9 Å². The maximum atomic E-state index is 11.5. The first kappa shape index (κ1) is 19.4. The Balaban J connectivity index is 2.31. The van der Waals surface area contributed by atoms with Crippen molar-refractivity contribution >= 4 is 56.3 Å². The summed E-state index contributed by atoms with van der Waals surface area (Å²) in [6, 6.07) is 3.48. The molecule has 0 bridgehead atoms. The highest BCUT2D eigenvalue weighted by molar-refractivity contribution is 7.90. The van der Waals surface area contributed by atoms with E-state index in [2.05, 4.69) is 4.98 Å². The van der Waals surface area contributed by atoms with Gasteiger partial charge in [-0.25, -0.2) is 4.98 Å². The van der Waals surface area contributed by atoms with Gasteiger partial charge in [-0.05, 0) is 13.0 Å². The molecule has 0 spiro atoms. The number of hydrogen-bond donors (Lipinski definition) is 0. The Bertz CT molecular complexity index is 724. The van der Waals surface area contributed by atoms with Gasteiger partial charge in [0.25, 0.3) is 0 Å². The fourth-order valence-electron chi connectivity index (χ4n) is 2.25. The van der Waals surface area contributed by atoms with Crippen molar-refractivity contribution in [2.45, 2.75) is 13.8 Å². The molecule has 5 nitrogen and oxygen atoms in total. The minimum Gasteiger partial charge on any atom is -0.619 e. The van der Waals surface area contributed by atoms with Gasteiger partial charge in [0.05, 0.1) is 22.7 Å². The topological polar surface area (TPSA) is 66.1 Å². The zero-order valence-corrected chi connectivity index (χ0v) is 16.8. The SMILES string of the molecule is CCN(C(=S)C(C)C[S+](C)[O-])c1sc(-c2ccc[n+]([O-])c2)nc1Cl. The van der Waals surface area contributed by atoms with Crippen LogP contribution in [0.4, 0.5) is 5.00 Å². The molecule has 0 amide bonds. The van der Waals surface area contributed by atoms with Crippen molar-refractivity contribution < 1.29 is 9.28 Å². The van der Waals surface area contributed by atoms with Crippen LogP contribution in [-0.4, -0.2) is 33.1 Å². The second kappa shape index (κ2) is 8.44. The maximum Gasteiger partial charge on any atom is 0.190 e. The molecular formula is C15H18ClN3O2S3. The molecule has 2 unspecified atom stereocenters. The predicted molar refractivity (Wildman–Crippen MR) is 105 cm³/mol. The van der Waals surface area contributed by atoms with Crippen LogP contribution in [-0.2, 0) is 11.2 Å². The van der Waals surface area contributed by atoms with E-state index in [1.165, 1.54) is 23.7 Å². The molecule has 130 valence electrons. The number of pyridine rings is 1. The zero-order valence-electron chi connectivity index (χ0n) is 13.6. The second-order valence-corrected chi connectivity index (χ2v) is 8.52. The molecule has 0 radical (unpaired) electrons. The molecule has 0 aliphatic rings. The number of rotatable bonds is 6. The Morgan fingerprint density at radius 2 is 2.29 bits per heavy atom. The third-order valence-electron chi connectivity index (χ3n) is 3.33. The molecule has 0 saturated heterocycles. The predicted octanol–water partition coefficient (Wildman–Crippen LogP) is 3.27. The number of halogens is 1. The van der Waals surface area contributed by atoms with Gasteiger partial charge in [0.1, 0.15) is 15.8 Å². The largest absolute Gasteiger partial charge is 0.619 e. The Morgan fingerprint density at radius 1 is 1.58 bits per heavy atom. The van der Waals surface area contributed by atoms with Crippen molar-refractivity contribution in [2.24, 2.45) is 5.92 Å². The molecule has 2 aromatic rings. The molecule has 0 aliphatic carbocycles. The van der Waals surface area contributed by atoms with Gasteiger partial charge in [-0.15, -0.1) is 0 Å². The van der Waals surface area contributed by atoms with Crippen LogP contribution >= 0.6 is 35.2 Å². The fourth-order valence-corrected chi connectivity index (χ4v) is 4.96. The van der Waals surface area contributed by atoms with Gasteiger partial charge in [-0.3, -0.25) is 0 Å². The van der Waals surface area contributed by atoms with Gasteiger partial charge in [-0.2, -0.15) is 4.73 Å². The van der Waals surface area contributed by atoms with Crippen LogP contribution in [0.5, 0.6) is 0 Å². The van der Waals surface area contributed by atoms with E-state index in [9.17, 15) is 9.76 Å². The highest BCUT2D eigenvalue weighted by Crippen LogP contribution is 2.38. The molecular weight excluding hydrogens is 386 g/mol. The van der Waals surface area contributed by atoms with Gasteiger partial charge in [0, 0.05) is 12.6 Å². The minimum atomic E-state index is -0.920. The van der Waals surface area contributed by atoms with Gasteiger partial charge < -0.3 is 14.7 Å². The lowest BCUT2D eigenvalue weighted by Crippen LogP contribution is -2.35. The van der Waals surface area contributed by atoms with Crippen LogP contribution in [0.15, 0.2) is 24.5 Å². The second-order valence-electron chi connectivity index (χ2n) is 5.29. The van der Waals surface area contributed by atoms with Crippen LogP contribution in [0.2, 0.25) is 5.15 Å². The summed E-state index contributed by atoms with van der Waals surface area (Å²) in [5.41, 5.74) is 0.704. The van der Waals surface area contributed by atoms with E-state index >= 15 is 0 Å². The summed E-state index contributed by atoms with van der Waals surface area (Å²) in [5, 5.41) is 13.2. The summed E-state index contributed by atoms with van der Waals surface area (Å²) in [4.78, 5) is 6.98. The van der Waals surface area contributed by atoms with Crippen LogP contribution in [0.3, 0.4) is 0 Å². The minimum absolute atomic E-state index is 0.00655. The van der Waals surface area contributed by atoms with Gasteiger partial charge >= 0.3 is 0 Å². The molecule has 0 fully saturated rings. The van der Waals surface area contributed by atoms with E-state index in [0.29, 0.717) is 33.0 Å². The number of hydrogen-bond acceptors (Lipinski definition) is 5. The third-order valence-corrected chi connectivity index (χ3v) is 6.42. The molecule has 0 saturated carbocycles. The van der Waals surface area contributed by atoms with E-state index in [1.807, 2.05) is 24.8 Å². The van der Waals surface area contributed by atoms with E-state index in [-0.39, 0.29) is 5.92 Å². The summed E-state index contributed by atoms with van der Waals surface area (Å²) >= 11 is 12.3. The van der Waals surface area contributed by atoms with Crippen LogP contribution in [0, 0.1) is 11.1 Å². The third kappa shape index (κ3) is 4.58. The number of aromatic nitrogens is 2. The van der Waals surface area contributed by atoms with E-state index in [1.54, 1.807) is 12.3 Å². The fraction of sp³-hybridized carbons (Fsp3) is 0.400. The molecule has 2 heterocycles. The summed E-state index contributed by atoms with van der Waals surface area (Å²) in [7, 11) is 0. The van der Waals surface area contributed by atoms with Crippen LogP contribution in [0.1, 0.15) is 13.8 Å². The Hall–Kier alpha value is -0.930. The highest BCUT2D eigenvalue weighted by Gasteiger charge is 2.24. The summed E-state index contributed by atoms with van der Waals surface area (Å²) in [5.74, 6) is 0.501. The van der Waals surface area contributed by atoms with Crippen molar-refractivity contribution in [3.63, 3.8) is 0 Å². The van der Waals surface area contributed by atoms with Gasteiger partial charge in [0.2, 0.25) is 0 Å². The Labute approximate surface area is 159 Å².